The second-order valence-corrected chi connectivity index (χ2v) is 5.03. The first-order valence-electron chi connectivity index (χ1n) is 6.25. The topological polar surface area (TPSA) is 28.2 Å². The Morgan fingerprint density at radius 2 is 2.06 bits per heavy atom. The Morgan fingerprint density at radius 3 is 2.78 bits per heavy atom. The minimum atomic E-state index is 0.854. The highest BCUT2D eigenvalue weighted by Crippen LogP contribution is 2.26. The van der Waals surface area contributed by atoms with Gasteiger partial charge in [0.25, 0.3) is 0 Å². The number of anilines is 2. The molecule has 0 radical (unpaired) electrons. The van der Waals surface area contributed by atoms with Crippen LogP contribution in [0.2, 0.25) is 0 Å². The monoisotopic (exact) mass is 261 g/mol. The maximum Gasteiger partial charge on any atom is 0.189 e. The van der Waals surface area contributed by atoms with E-state index in [4.69, 9.17) is 0 Å². The predicted octanol–water partition coefficient (Wildman–Crippen LogP) is 3.41. The number of hydrogen-bond donors (Lipinski definition) is 1. The minimum Gasteiger partial charge on any atom is -0.321 e. The molecule has 1 N–H and O–H groups in total. The molecule has 18 heavy (non-hydrogen) atoms. The van der Waals surface area contributed by atoms with Crippen molar-refractivity contribution in [2.45, 2.75) is 19.9 Å². The van der Waals surface area contributed by atoms with E-state index in [2.05, 4.69) is 46.7 Å². The lowest BCUT2D eigenvalue weighted by molar-refractivity contribution is 0.667. The van der Waals surface area contributed by atoms with Crippen LogP contribution < -0.4 is 10.2 Å². The molecule has 0 atom stereocenters. The molecule has 0 aliphatic heterocycles. The molecule has 2 aromatic rings. The molecule has 4 heteroatoms. The van der Waals surface area contributed by atoms with Crippen molar-refractivity contribution < 1.29 is 0 Å². The normalized spacial score (nSPS) is 10.6. The Morgan fingerprint density at radius 1 is 1.28 bits per heavy atom. The van der Waals surface area contributed by atoms with E-state index in [1.165, 1.54) is 5.69 Å². The molecule has 3 nitrogen and oxygen atoms in total. The number of benzene rings is 1. The molecule has 1 aromatic carbocycles. The third kappa shape index (κ3) is 3.31. The average Bonchev–Trinajstić information content (AvgIpc) is 2.88. The Hall–Kier alpha value is -1.39. The van der Waals surface area contributed by atoms with Crippen molar-refractivity contribution >= 4 is 22.2 Å². The van der Waals surface area contributed by atoms with Crippen molar-refractivity contribution in [3.63, 3.8) is 0 Å². The van der Waals surface area contributed by atoms with Crippen LogP contribution in [-0.4, -0.2) is 18.6 Å². The van der Waals surface area contributed by atoms with Crippen LogP contribution >= 0.6 is 11.3 Å². The number of thiazole rings is 1. The average molecular weight is 261 g/mol. The molecule has 1 aromatic heterocycles. The van der Waals surface area contributed by atoms with Gasteiger partial charge in [-0.3, -0.25) is 0 Å². The van der Waals surface area contributed by atoms with Gasteiger partial charge in [-0.15, -0.1) is 11.3 Å². The van der Waals surface area contributed by atoms with E-state index in [0.29, 0.717) is 0 Å². The van der Waals surface area contributed by atoms with E-state index in [1.54, 1.807) is 11.3 Å². The lowest BCUT2D eigenvalue weighted by Gasteiger charge is -2.15. The summed E-state index contributed by atoms with van der Waals surface area (Å²) in [6.45, 7) is 4.07. The van der Waals surface area contributed by atoms with Crippen molar-refractivity contribution in [3.8, 4) is 0 Å². The van der Waals surface area contributed by atoms with Crippen LogP contribution in [0.15, 0.2) is 35.7 Å². The first kappa shape index (κ1) is 13.1. The van der Waals surface area contributed by atoms with Gasteiger partial charge in [0, 0.05) is 24.7 Å². The lowest BCUT2D eigenvalue weighted by atomic mass is 10.3. The van der Waals surface area contributed by atoms with Crippen LogP contribution in [0.4, 0.5) is 10.8 Å². The summed E-state index contributed by atoms with van der Waals surface area (Å²) >= 11 is 1.69. The molecule has 0 saturated carbocycles. The smallest absolute Gasteiger partial charge is 0.189 e. The Balaban J connectivity index is 2.01. The standard InChI is InChI=1S/C14H19N3S/c1-3-9-15-10-12-11-18-14(16-12)17(2)13-7-5-4-6-8-13/h4-8,11,15H,3,9-10H2,1-2H3. The van der Waals surface area contributed by atoms with E-state index in [9.17, 15) is 0 Å². The van der Waals surface area contributed by atoms with Gasteiger partial charge >= 0.3 is 0 Å². The van der Waals surface area contributed by atoms with Crippen molar-refractivity contribution in [3.05, 3.63) is 41.4 Å². The SMILES string of the molecule is CCCNCc1csc(N(C)c2ccccc2)n1. The molecule has 0 aliphatic carbocycles. The molecule has 1 heterocycles. The van der Waals surface area contributed by atoms with Crippen LogP contribution in [0, 0.1) is 0 Å². The van der Waals surface area contributed by atoms with Crippen molar-refractivity contribution in [1.82, 2.24) is 10.3 Å². The summed E-state index contributed by atoms with van der Waals surface area (Å²) in [5, 5.41) is 6.53. The zero-order chi connectivity index (χ0) is 12.8. The van der Waals surface area contributed by atoms with Gasteiger partial charge in [0.05, 0.1) is 5.69 Å². The molecule has 2 rings (SSSR count). The largest absolute Gasteiger partial charge is 0.321 e. The molecule has 0 bridgehead atoms. The fourth-order valence-electron chi connectivity index (χ4n) is 1.69. The Kier molecular flexibility index (Phi) is 4.73. The Labute approximate surface area is 112 Å². The van der Waals surface area contributed by atoms with Crippen LogP contribution in [0.25, 0.3) is 0 Å². The van der Waals surface area contributed by atoms with E-state index < -0.39 is 0 Å². The molecule has 0 aliphatic rings. The number of nitrogens with one attached hydrogen (secondary N) is 1. The summed E-state index contributed by atoms with van der Waals surface area (Å²) < 4.78 is 0. The fourth-order valence-corrected chi connectivity index (χ4v) is 2.50. The second-order valence-electron chi connectivity index (χ2n) is 4.19. The third-order valence-electron chi connectivity index (χ3n) is 2.70. The van der Waals surface area contributed by atoms with Gasteiger partial charge < -0.3 is 10.2 Å². The fraction of sp³-hybridized carbons (Fsp3) is 0.357. The van der Waals surface area contributed by atoms with Crippen molar-refractivity contribution in [2.24, 2.45) is 0 Å². The molecule has 96 valence electrons. The maximum atomic E-state index is 4.64. The highest BCUT2D eigenvalue weighted by atomic mass is 32.1. The summed E-state index contributed by atoms with van der Waals surface area (Å²) in [7, 11) is 2.05. The van der Waals surface area contributed by atoms with Gasteiger partial charge in [-0.1, -0.05) is 25.1 Å². The molecule has 0 fully saturated rings. The lowest BCUT2D eigenvalue weighted by Crippen LogP contribution is -2.14. The summed E-state index contributed by atoms with van der Waals surface area (Å²) in [5.74, 6) is 0. The Bertz CT molecular complexity index is 467. The second kappa shape index (κ2) is 6.52. The predicted molar refractivity (Wildman–Crippen MR) is 78.6 cm³/mol. The van der Waals surface area contributed by atoms with E-state index in [0.717, 1.165) is 30.3 Å². The van der Waals surface area contributed by atoms with Gasteiger partial charge in [-0.25, -0.2) is 4.98 Å². The van der Waals surface area contributed by atoms with Gasteiger partial charge in [0.15, 0.2) is 5.13 Å². The van der Waals surface area contributed by atoms with Crippen molar-refractivity contribution in [1.29, 1.82) is 0 Å². The van der Waals surface area contributed by atoms with E-state index in [1.807, 2.05) is 18.2 Å². The van der Waals surface area contributed by atoms with Crippen LogP contribution in [0.1, 0.15) is 19.0 Å². The summed E-state index contributed by atoms with van der Waals surface area (Å²) in [5.41, 5.74) is 2.28. The van der Waals surface area contributed by atoms with Gasteiger partial charge in [0.2, 0.25) is 0 Å². The summed E-state index contributed by atoms with van der Waals surface area (Å²) in [4.78, 5) is 6.76. The first-order valence-corrected chi connectivity index (χ1v) is 7.13. The zero-order valence-corrected chi connectivity index (χ0v) is 11.7. The molecule has 0 amide bonds. The van der Waals surface area contributed by atoms with Crippen molar-refractivity contribution in [2.75, 3.05) is 18.5 Å². The van der Waals surface area contributed by atoms with Gasteiger partial charge in [-0.05, 0) is 25.1 Å². The molecule has 0 spiro atoms. The first-order chi connectivity index (χ1) is 8.81. The highest BCUT2D eigenvalue weighted by molar-refractivity contribution is 7.13. The maximum absolute atomic E-state index is 4.64. The number of para-hydroxylation sites is 1. The third-order valence-corrected chi connectivity index (χ3v) is 3.67. The number of hydrogen-bond acceptors (Lipinski definition) is 4. The summed E-state index contributed by atoms with van der Waals surface area (Å²) in [6, 6.07) is 10.3. The minimum absolute atomic E-state index is 0.854. The zero-order valence-electron chi connectivity index (χ0n) is 10.9. The molecular formula is C14H19N3S. The molecule has 0 unspecified atom stereocenters. The highest BCUT2D eigenvalue weighted by Gasteiger charge is 2.08. The number of rotatable bonds is 6. The molecule has 0 saturated heterocycles. The number of nitrogens with zero attached hydrogens (tertiary/aromatic N) is 2. The quantitative estimate of drug-likeness (QED) is 0.808. The van der Waals surface area contributed by atoms with Crippen LogP contribution in [0.5, 0.6) is 0 Å². The van der Waals surface area contributed by atoms with Gasteiger partial charge in [0.1, 0.15) is 0 Å². The van der Waals surface area contributed by atoms with E-state index in [-0.39, 0.29) is 0 Å². The van der Waals surface area contributed by atoms with Crippen LogP contribution in [-0.2, 0) is 6.54 Å². The van der Waals surface area contributed by atoms with E-state index >= 15 is 0 Å². The van der Waals surface area contributed by atoms with Crippen LogP contribution in [0.3, 0.4) is 0 Å². The van der Waals surface area contributed by atoms with Gasteiger partial charge in [-0.2, -0.15) is 0 Å². The number of aromatic nitrogens is 1. The summed E-state index contributed by atoms with van der Waals surface area (Å²) in [6.07, 6.45) is 1.15. The molecular weight excluding hydrogens is 242 g/mol.